The fourth-order valence-electron chi connectivity index (χ4n) is 3.51. The van der Waals surface area contributed by atoms with E-state index in [9.17, 15) is 18.0 Å². The number of carbonyl (C=O) groups is 2. The smallest absolute Gasteiger partial charge is 0.243 e. The van der Waals surface area contributed by atoms with Crippen molar-refractivity contribution in [3.05, 3.63) is 65.2 Å². The van der Waals surface area contributed by atoms with Gasteiger partial charge in [0.15, 0.2) is 0 Å². The zero-order valence-electron chi connectivity index (χ0n) is 20.2. The number of amides is 2. The Hall–Kier alpha value is -2.71. The van der Waals surface area contributed by atoms with Crippen LogP contribution in [0.5, 0.6) is 0 Å². The number of rotatable bonds is 11. The third-order valence-corrected chi connectivity index (χ3v) is 7.44. The average Bonchev–Trinajstić information content (AvgIpc) is 2.78. The first-order valence-electron chi connectivity index (χ1n) is 11.3. The van der Waals surface area contributed by atoms with Gasteiger partial charge in [0.05, 0.1) is 11.4 Å². The molecule has 2 rings (SSSR count). The second kappa shape index (κ2) is 12.0. The molecule has 0 aliphatic rings. The minimum absolute atomic E-state index is 0.126. The molecule has 0 saturated heterocycles. The van der Waals surface area contributed by atoms with Gasteiger partial charge in [-0.2, -0.15) is 4.31 Å². The van der Waals surface area contributed by atoms with Gasteiger partial charge in [0.1, 0.15) is 6.04 Å². The molecule has 0 saturated carbocycles. The fourth-order valence-corrected chi connectivity index (χ4v) is 4.63. The van der Waals surface area contributed by atoms with Gasteiger partial charge in [0, 0.05) is 20.1 Å². The molecular formula is C25H35N3O4S. The Labute approximate surface area is 197 Å². The second-order valence-corrected chi connectivity index (χ2v) is 10.3. The number of sulfonamides is 1. The highest BCUT2D eigenvalue weighted by molar-refractivity contribution is 7.89. The van der Waals surface area contributed by atoms with Gasteiger partial charge in [-0.25, -0.2) is 8.42 Å². The van der Waals surface area contributed by atoms with Gasteiger partial charge >= 0.3 is 0 Å². The monoisotopic (exact) mass is 473 g/mol. The SMILES string of the molecule is CCCNC(=O)[C@@H](CC)N(Cc1ccccc1C)C(=O)CN(C)S(=O)(=O)c1ccc(C)cc1. The van der Waals surface area contributed by atoms with Crippen molar-refractivity contribution >= 4 is 21.8 Å². The van der Waals surface area contributed by atoms with E-state index in [1.165, 1.54) is 24.1 Å². The molecule has 1 atom stereocenters. The Balaban J connectivity index is 2.32. The molecule has 8 heteroatoms. The van der Waals surface area contributed by atoms with Crippen LogP contribution in [-0.4, -0.2) is 55.6 Å². The van der Waals surface area contributed by atoms with Gasteiger partial charge in [-0.15, -0.1) is 0 Å². The van der Waals surface area contributed by atoms with Crippen molar-refractivity contribution in [2.75, 3.05) is 20.1 Å². The van der Waals surface area contributed by atoms with Gasteiger partial charge in [0.2, 0.25) is 21.8 Å². The van der Waals surface area contributed by atoms with Crippen LogP contribution < -0.4 is 5.32 Å². The summed E-state index contributed by atoms with van der Waals surface area (Å²) in [5, 5.41) is 2.87. The molecule has 0 aromatic heterocycles. The predicted molar refractivity (Wildman–Crippen MR) is 130 cm³/mol. The molecule has 180 valence electrons. The summed E-state index contributed by atoms with van der Waals surface area (Å²) >= 11 is 0. The van der Waals surface area contributed by atoms with Crippen LogP contribution in [0.4, 0.5) is 0 Å². The molecular weight excluding hydrogens is 438 g/mol. The molecule has 1 N–H and O–H groups in total. The first-order valence-corrected chi connectivity index (χ1v) is 12.7. The summed E-state index contributed by atoms with van der Waals surface area (Å²) in [4.78, 5) is 27.9. The van der Waals surface area contributed by atoms with Crippen molar-refractivity contribution in [2.24, 2.45) is 0 Å². The van der Waals surface area contributed by atoms with Crippen LogP contribution in [0.1, 0.15) is 43.4 Å². The first-order chi connectivity index (χ1) is 15.6. The van der Waals surface area contributed by atoms with E-state index in [-0.39, 0.29) is 23.9 Å². The van der Waals surface area contributed by atoms with Crippen LogP contribution in [0.15, 0.2) is 53.4 Å². The third kappa shape index (κ3) is 6.88. The average molecular weight is 474 g/mol. The zero-order chi connectivity index (χ0) is 24.6. The summed E-state index contributed by atoms with van der Waals surface area (Å²) in [5.74, 6) is -0.653. The number of carbonyl (C=O) groups excluding carboxylic acids is 2. The number of hydrogen-bond donors (Lipinski definition) is 1. The fraction of sp³-hybridized carbons (Fsp3) is 0.440. The summed E-state index contributed by atoms with van der Waals surface area (Å²) < 4.78 is 27.1. The molecule has 0 bridgehead atoms. The molecule has 0 aliphatic carbocycles. The normalized spacial score (nSPS) is 12.4. The van der Waals surface area contributed by atoms with E-state index in [1.54, 1.807) is 12.1 Å². The van der Waals surface area contributed by atoms with E-state index in [2.05, 4.69) is 5.32 Å². The van der Waals surface area contributed by atoms with Gasteiger partial charge < -0.3 is 10.2 Å². The Morgan fingerprint density at radius 2 is 1.64 bits per heavy atom. The number of nitrogens with one attached hydrogen (secondary N) is 1. The highest BCUT2D eigenvalue weighted by Gasteiger charge is 2.31. The second-order valence-electron chi connectivity index (χ2n) is 8.24. The molecule has 0 aliphatic heterocycles. The van der Waals surface area contributed by atoms with Crippen molar-refractivity contribution in [1.82, 2.24) is 14.5 Å². The lowest BCUT2D eigenvalue weighted by molar-refractivity contribution is -0.141. The van der Waals surface area contributed by atoms with Crippen LogP contribution in [0.3, 0.4) is 0 Å². The Bertz CT molecular complexity index is 1050. The minimum atomic E-state index is -3.85. The van der Waals surface area contributed by atoms with E-state index in [4.69, 9.17) is 0 Å². The van der Waals surface area contributed by atoms with Crippen LogP contribution in [0.2, 0.25) is 0 Å². The third-order valence-electron chi connectivity index (χ3n) is 5.62. The largest absolute Gasteiger partial charge is 0.354 e. The molecule has 0 heterocycles. The standard InChI is InChI=1S/C25H35N3O4S/c1-6-16-26-25(30)23(7-2)28(17-21-11-9-8-10-20(21)4)24(29)18-27(5)33(31,32)22-14-12-19(3)13-15-22/h8-15,23H,6-7,16-18H2,1-5H3,(H,26,30)/t23-/m1/s1. The molecule has 0 fully saturated rings. The Kier molecular flexibility index (Phi) is 9.61. The molecule has 7 nitrogen and oxygen atoms in total. The van der Waals surface area contributed by atoms with Crippen molar-refractivity contribution in [2.45, 2.75) is 58.0 Å². The lowest BCUT2D eigenvalue weighted by Gasteiger charge is -2.32. The topological polar surface area (TPSA) is 86.8 Å². The summed E-state index contributed by atoms with van der Waals surface area (Å²) in [6.07, 6.45) is 1.20. The van der Waals surface area contributed by atoms with Gasteiger partial charge in [-0.1, -0.05) is 55.8 Å². The summed E-state index contributed by atoms with van der Waals surface area (Å²) in [6.45, 7) is 8.01. The van der Waals surface area contributed by atoms with E-state index in [0.29, 0.717) is 13.0 Å². The van der Waals surface area contributed by atoms with Crippen LogP contribution in [-0.2, 0) is 26.2 Å². The molecule has 2 amide bonds. The van der Waals surface area contributed by atoms with E-state index < -0.39 is 22.0 Å². The van der Waals surface area contributed by atoms with Crippen molar-refractivity contribution < 1.29 is 18.0 Å². The van der Waals surface area contributed by atoms with E-state index in [0.717, 1.165) is 27.4 Å². The van der Waals surface area contributed by atoms with Crippen molar-refractivity contribution in [1.29, 1.82) is 0 Å². The maximum absolute atomic E-state index is 13.4. The summed E-state index contributed by atoms with van der Waals surface area (Å²) in [5.41, 5.74) is 2.86. The molecule has 33 heavy (non-hydrogen) atoms. The molecule has 0 spiro atoms. The number of hydrogen-bond acceptors (Lipinski definition) is 4. The van der Waals surface area contributed by atoms with Gasteiger partial charge in [-0.05, 0) is 49.9 Å². The van der Waals surface area contributed by atoms with Crippen LogP contribution in [0, 0.1) is 13.8 Å². The number of likely N-dealkylation sites (N-methyl/N-ethyl adjacent to an activating group) is 1. The summed E-state index contributed by atoms with van der Waals surface area (Å²) in [6, 6.07) is 13.5. The lowest BCUT2D eigenvalue weighted by atomic mass is 10.1. The maximum atomic E-state index is 13.4. The lowest BCUT2D eigenvalue weighted by Crippen LogP contribution is -2.51. The highest BCUT2D eigenvalue weighted by Crippen LogP contribution is 2.18. The highest BCUT2D eigenvalue weighted by atomic mass is 32.2. The molecule has 2 aromatic carbocycles. The quantitative estimate of drug-likeness (QED) is 0.543. The molecule has 0 unspecified atom stereocenters. The van der Waals surface area contributed by atoms with E-state index in [1.807, 2.05) is 52.0 Å². The minimum Gasteiger partial charge on any atom is -0.354 e. The molecule has 2 aromatic rings. The Morgan fingerprint density at radius 3 is 2.21 bits per heavy atom. The van der Waals surface area contributed by atoms with Crippen LogP contribution >= 0.6 is 0 Å². The summed E-state index contributed by atoms with van der Waals surface area (Å²) in [7, 11) is -2.46. The van der Waals surface area contributed by atoms with Gasteiger partial charge in [-0.3, -0.25) is 9.59 Å². The Morgan fingerprint density at radius 1 is 1.00 bits per heavy atom. The zero-order valence-corrected chi connectivity index (χ0v) is 21.0. The van der Waals surface area contributed by atoms with Crippen LogP contribution in [0.25, 0.3) is 0 Å². The van der Waals surface area contributed by atoms with Crippen molar-refractivity contribution in [3.8, 4) is 0 Å². The number of benzene rings is 2. The van der Waals surface area contributed by atoms with E-state index >= 15 is 0 Å². The molecule has 0 radical (unpaired) electrons. The van der Waals surface area contributed by atoms with Crippen molar-refractivity contribution in [3.63, 3.8) is 0 Å². The number of nitrogens with zero attached hydrogens (tertiary/aromatic N) is 2. The predicted octanol–water partition coefficient (Wildman–Crippen LogP) is 3.26. The first kappa shape index (κ1) is 26.5. The number of aryl methyl sites for hydroxylation is 2. The maximum Gasteiger partial charge on any atom is 0.243 e. The van der Waals surface area contributed by atoms with Gasteiger partial charge in [0.25, 0.3) is 0 Å².